The summed E-state index contributed by atoms with van der Waals surface area (Å²) in [5.74, 6) is 3.58. The van der Waals surface area contributed by atoms with E-state index in [9.17, 15) is 4.79 Å². The minimum Gasteiger partial charge on any atom is -0.486 e. The van der Waals surface area contributed by atoms with Crippen molar-refractivity contribution in [3.05, 3.63) is 47.7 Å². The van der Waals surface area contributed by atoms with Crippen LogP contribution >= 0.6 is 0 Å². The van der Waals surface area contributed by atoms with Crippen molar-refractivity contribution in [1.29, 1.82) is 5.26 Å². The van der Waals surface area contributed by atoms with E-state index < -0.39 is 0 Å². The van der Waals surface area contributed by atoms with Gasteiger partial charge in [-0.15, -0.1) is 0 Å². The second-order valence-corrected chi connectivity index (χ2v) is 10.0. The van der Waals surface area contributed by atoms with Gasteiger partial charge in [0.05, 0.1) is 5.56 Å². The van der Waals surface area contributed by atoms with E-state index in [1.807, 2.05) is 18.2 Å². The number of fused-ring (bicyclic) bond motifs is 1. The minimum atomic E-state index is 0.0736. The second kappa shape index (κ2) is 11.6. The van der Waals surface area contributed by atoms with Crippen molar-refractivity contribution < 1.29 is 14.3 Å². The molecule has 5 rings (SSSR count). The fourth-order valence-corrected chi connectivity index (χ4v) is 5.49. The Kier molecular flexibility index (Phi) is 7.87. The summed E-state index contributed by atoms with van der Waals surface area (Å²) < 4.78 is 11.6. The fraction of sp³-hybridized carbons (Fsp3) is 0.536. The maximum absolute atomic E-state index is 12.7. The van der Waals surface area contributed by atoms with Gasteiger partial charge in [0.1, 0.15) is 25.1 Å². The van der Waals surface area contributed by atoms with E-state index in [0.29, 0.717) is 24.7 Å². The number of hydrogen-bond acceptors (Lipinski definition) is 7. The largest absolute Gasteiger partial charge is 0.486 e. The molecule has 0 bridgehead atoms. The molecule has 0 radical (unpaired) electrons. The molecule has 2 fully saturated rings. The number of nitrogens with one attached hydrogen (secondary N) is 1. The standard InChI is InChI=1S/C28H35N5O3/c29-18-22-4-5-26(31-19-22)33-14-9-23(10-15-33)28(34)30-11-6-21-7-12-32(13-8-21)20-24-2-1-3-25-27(24)36-17-16-35-25/h1-5,19,21,23H,6-17,20H2,(H,30,34). The highest BCUT2D eigenvalue weighted by Crippen LogP contribution is 2.35. The lowest BCUT2D eigenvalue weighted by molar-refractivity contribution is -0.125. The van der Waals surface area contributed by atoms with Crippen molar-refractivity contribution in [3.63, 3.8) is 0 Å². The van der Waals surface area contributed by atoms with Gasteiger partial charge in [-0.3, -0.25) is 9.69 Å². The van der Waals surface area contributed by atoms with Crippen molar-refractivity contribution in [2.75, 3.05) is 50.8 Å². The molecule has 2 saturated heterocycles. The molecule has 0 saturated carbocycles. The van der Waals surface area contributed by atoms with E-state index >= 15 is 0 Å². The average Bonchev–Trinajstić information content (AvgIpc) is 2.94. The van der Waals surface area contributed by atoms with Gasteiger partial charge in [0.15, 0.2) is 11.5 Å². The number of ether oxygens (including phenoxy) is 2. The molecule has 0 atom stereocenters. The van der Waals surface area contributed by atoms with E-state index in [1.54, 1.807) is 12.3 Å². The Balaban J connectivity index is 0.993. The summed E-state index contributed by atoms with van der Waals surface area (Å²) in [4.78, 5) is 21.8. The van der Waals surface area contributed by atoms with Crippen molar-refractivity contribution in [2.45, 2.75) is 38.6 Å². The van der Waals surface area contributed by atoms with Gasteiger partial charge < -0.3 is 19.7 Å². The number of carbonyl (C=O) groups excluding carboxylic acids is 1. The summed E-state index contributed by atoms with van der Waals surface area (Å²) in [7, 11) is 0. The van der Waals surface area contributed by atoms with Crippen LogP contribution in [0.2, 0.25) is 0 Å². The Bertz CT molecular complexity index is 1070. The van der Waals surface area contributed by atoms with Crippen LogP contribution in [0.3, 0.4) is 0 Å². The molecule has 1 amide bonds. The number of para-hydroxylation sites is 1. The third-order valence-corrected chi connectivity index (χ3v) is 7.67. The lowest BCUT2D eigenvalue weighted by Crippen LogP contribution is -2.41. The molecule has 3 aliphatic rings. The normalized spacial score (nSPS) is 19.0. The van der Waals surface area contributed by atoms with E-state index in [1.165, 1.54) is 5.56 Å². The van der Waals surface area contributed by atoms with E-state index in [-0.39, 0.29) is 11.8 Å². The van der Waals surface area contributed by atoms with Crippen LogP contribution in [0.15, 0.2) is 36.5 Å². The number of carbonyl (C=O) groups is 1. The lowest BCUT2D eigenvalue weighted by atomic mass is 9.92. The zero-order valence-corrected chi connectivity index (χ0v) is 20.8. The quantitative estimate of drug-likeness (QED) is 0.638. The van der Waals surface area contributed by atoms with Gasteiger partial charge in [-0.05, 0) is 69.3 Å². The summed E-state index contributed by atoms with van der Waals surface area (Å²) in [6.45, 7) is 6.67. The van der Waals surface area contributed by atoms with E-state index in [0.717, 1.165) is 88.7 Å². The second-order valence-electron chi connectivity index (χ2n) is 10.0. The number of likely N-dealkylation sites (tertiary alicyclic amines) is 1. The smallest absolute Gasteiger partial charge is 0.223 e. The van der Waals surface area contributed by atoms with Crippen LogP contribution in [-0.4, -0.2) is 61.7 Å². The third kappa shape index (κ3) is 5.90. The van der Waals surface area contributed by atoms with Crippen molar-refractivity contribution in [1.82, 2.24) is 15.2 Å². The Hall–Kier alpha value is -3.31. The summed E-state index contributed by atoms with van der Waals surface area (Å²) >= 11 is 0. The third-order valence-electron chi connectivity index (χ3n) is 7.67. The zero-order valence-electron chi connectivity index (χ0n) is 20.8. The Morgan fingerprint density at radius 2 is 1.86 bits per heavy atom. The zero-order chi connectivity index (χ0) is 24.7. The molecule has 0 aliphatic carbocycles. The predicted molar refractivity (Wildman–Crippen MR) is 137 cm³/mol. The van der Waals surface area contributed by atoms with E-state index in [4.69, 9.17) is 14.7 Å². The molecule has 4 heterocycles. The molecule has 1 N–H and O–H groups in total. The van der Waals surface area contributed by atoms with Gasteiger partial charge in [-0.1, -0.05) is 12.1 Å². The number of hydrogen-bond donors (Lipinski definition) is 1. The van der Waals surface area contributed by atoms with Crippen LogP contribution in [0, 0.1) is 23.2 Å². The number of amides is 1. The average molecular weight is 490 g/mol. The van der Waals surface area contributed by atoms with Crippen LogP contribution in [0.25, 0.3) is 0 Å². The molecule has 0 spiro atoms. The first-order chi connectivity index (χ1) is 17.7. The number of nitriles is 1. The number of rotatable bonds is 7. The van der Waals surface area contributed by atoms with Crippen LogP contribution in [-0.2, 0) is 11.3 Å². The molecular weight excluding hydrogens is 454 g/mol. The van der Waals surface area contributed by atoms with Gasteiger partial charge in [0, 0.05) is 43.9 Å². The number of nitrogens with zero attached hydrogens (tertiary/aromatic N) is 4. The van der Waals surface area contributed by atoms with Gasteiger partial charge in [-0.2, -0.15) is 5.26 Å². The molecule has 8 nitrogen and oxygen atoms in total. The molecule has 1 aromatic heterocycles. The number of aromatic nitrogens is 1. The maximum Gasteiger partial charge on any atom is 0.223 e. The van der Waals surface area contributed by atoms with Gasteiger partial charge in [0.25, 0.3) is 0 Å². The minimum absolute atomic E-state index is 0.0736. The lowest BCUT2D eigenvalue weighted by Gasteiger charge is -2.33. The first-order valence-electron chi connectivity index (χ1n) is 13.2. The highest BCUT2D eigenvalue weighted by Gasteiger charge is 2.26. The SMILES string of the molecule is N#Cc1ccc(N2CCC(C(=O)NCCC3CCN(Cc4cccc5c4OCCO5)CC3)CC2)nc1. The molecule has 190 valence electrons. The van der Waals surface area contributed by atoms with Crippen LogP contribution in [0.1, 0.15) is 43.2 Å². The summed E-state index contributed by atoms with van der Waals surface area (Å²) in [6, 6.07) is 12.0. The monoisotopic (exact) mass is 489 g/mol. The Labute approximate surface area is 213 Å². The van der Waals surface area contributed by atoms with Crippen molar-refractivity contribution in [3.8, 4) is 17.6 Å². The molecule has 36 heavy (non-hydrogen) atoms. The van der Waals surface area contributed by atoms with E-state index in [2.05, 4.69) is 32.2 Å². The van der Waals surface area contributed by atoms with Crippen molar-refractivity contribution >= 4 is 11.7 Å². The number of pyridine rings is 1. The Morgan fingerprint density at radius 1 is 1.06 bits per heavy atom. The van der Waals surface area contributed by atoms with Crippen molar-refractivity contribution in [2.24, 2.45) is 11.8 Å². The van der Waals surface area contributed by atoms with Gasteiger partial charge in [-0.25, -0.2) is 4.98 Å². The highest BCUT2D eigenvalue weighted by atomic mass is 16.6. The molecule has 1 aromatic carbocycles. The maximum atomic E-state index is 12.7. The first kappa shape index (κ1) is 24.4. The molecule has 0 unspecified atom stereocenters. The predicted octanol–water partition coefficient (Wildman–Crippen LogP) is 3.36. The summed E-state index contributed by atoms with van der Waals surface area (Å²) in [6.07, 6.45) is 6.66. The van der Waals surface area contributed by atoms with Gasteiger partial charge >= 0.3 is 0 Å². The highest BCUT2D eigenvalue weighted by molar-refractivity contribution is 5.78. The first-order valence-corrected chi connectivity index (χ1v) is 13.2. The van der Waals surface area contributed by atoms with Crippen LogP contribution < -0.4 is 19.7 Å². The number of piperidine rings is 2. The fourth-order valence-electron chi connectivity index (χ4n) is 5.49. The molecule has 3 aliphatic heterocycles. The Morgan fingerprint density at radius 3 is 2.61 bits per heavy atom. The topological polar surface area (TPSA) is 90.7 Å². The molecular formula is C28H35N5O3. The van der Waals surface area contributed by atoms with Crippen LogP contribution in [0.5, 0.6) is 11.5 Å². The summed E-state index contributed by atoms with van der Waals surface area (Å²) in [5.41, 5.74) is 1.78. The number of anilines is 1. The molecule has 8 heteroatoms. The summed E-state index contributed by atoms with van der Waals surface area (Å²) in [5, 5.41) is 12.1. The van der Waals surface area contributed by atoms with Gasteiger partial charge in [0.2, 0.25) is 5.91 Å². The number of benzene rings is 1. The van der Waals surface area contributed by atoms with Crippen LogP contribution in [0.4, 0.5) is 5.82 Å². The molecule has 2 aromatic rings.